The third kappa shape index (κ3) is 3.06. The van der Waals surface area contributed by atoms with Gasteiger partial charge >= 0.3 is 5.97 Å². The first-order chi connectivity index (χ1) is 8.11. The van der Waals surface area contributed by atoms with Crippen LogP contribution in [0.3, 0.4) is 0 Å². The molecule has 0 aromatic carbocycles. The highest BCUT2D eigenvalue weighted by molar-refractivity contribution is 5.96. The van der Waals surface area contributed by atoms with Crippen molar-refractivity contribution in [3.05, 3.63) is 32.1 Å². The van der Waals surface area contributed by atoms with E-state index in [2.05, 4.69) is 0 Å². The van der Waals surface area contributed by atoms with E-state index >= 15 is 0 Å². The van der Waals surface area contributed by atoms with Crippen molar-refractivity contribution in [3.8, 4) is 5.88 Å². The maximum atomic E-state index is 11.7. The highest BCUT2D eigenvalue weighted by Crippen LogP contribution is 2.25. The second-order valence-corrected chi connectivity index (χ2v) is 4.50. The largest absolute Gasteiger partial charge is 0.494 e. The Morgan fingerprint density at radius 3 is 2.50 bits per heavy atom. The minimum Gasteiger partial charge on any atom is -0.494 e. The van der Waals surface area contributed by atoms with Crippen molar-refractivity contribution in [2.45, 2.75) is 26.4 Å². The topological polar surface area (TPSA) is 123 Å². The van der Waals surface area contributed by atoms with Crippen LogP contribution in [0.1, 0.15) is 31.1 Å². The fraction of sp³-hybridized carbons (Fsp3) is 0.400. The lowest BCUT2D eigenvalue weighted by Gasteiger charge is -2.19. The second-order valence-electron chi connectivity index (χ2n) is 4.50. The van der Waals surface area contributed by atoms with E-state index in [1.807, 2.05) is 4.98 Å². The van der Waals surface area contributed by atoms with Gasteiger partial charge in [-0.1, -0.05) is 0 Å². The van der Waals surface area contributed by atoms with Crippen LogP contribution >= 0.6 is 0 Å². The third-order valence-electron chi connectivity index (χ3n) is 1.80. The van der Waals surface area contributed by atoms with Crippen molar-refractivity contribution in [1.29, 1.82) is 0 Å². The van der Waals surface area contributed by atoms with Crippen LogP contribution in [0.4, 0.5) is 5.69 Å². The normalized spacial score (nSPS) is 11.1. The average molecular weight is 256 g/mol. The van der Waals surface area contributed by atoms with Gasteiger partial charge in [0.15, 0.2) is 5.56 Å². The number of H-pyrrole nitrogens is 1. The minimum absolute atomic E-state index is 0.610. The number of carbonyl (C=O) groups excluding carboxylic acids is 1. The quantitative estimate of drug-likeness (QED) is 0.461. The van der Waals surface area contributed by atoms with Crippen molar-refractivity contribution in [2.24, 2.45) is 0 Å². The maximum Gasteiger partial charge on any atom is 0.351 e. The lowest BCUT2D eigenvalue weighted by Crippen LogP contribution is -2.25. The fourth-order valence-electron chi connectivity index (χ4n) is 1.21. The Balaban J connectivity index is 3.35. The van der Waals surface area contributed by atoms with E-state index in [1.54, 1.807) is 20.8 Å². The van der Waals surface area contributed by atoms with Crippen molar-refractivity contribution < 1.29 is 19.6 Å². The number of rotatable bonds is 2. The van der Waals surface area contributed by atoms with Crippen LogP contribution in [-0.4, -0.2) is 26.6 Å². The summed E-state index contributed by atoms with van der Waals surface area (Å²) in [6.07, 6.45) is 0. The van der Waals surface area contributed by atoms with Crippen LogP contribution in [0.2, 0.25) is 0 Å². The SMILES string of the molecule is CC(C)(C)OC(=O)c1c([N+](=O)[O-])cc(=O)[nH]c1O. The standard InChI is InChI=1S/C10H12N2O6/c1-10(2,3)18-9(15)7-5(12(16)17)4-6(13)11-8(7)14/h4H,1-3H3,(H2,11,13,14). The summed E-state index contributed by atoms with van der Waals surface area (Å²) in [6.45, 7) is 4.71. The molecule has 0 atom stereocenters. The molecule has 0 amide bonds. The van der Waals surface area contributed by atoms with Gasteiger partial charge in [-0.05, 0) is 20.8 Å². The van der Waals surface area contributed by atoms with Gasteiger partial charge in [0.2, 0.25) is 5.88 Å². The number of nitrogens with one attached hydrogen (secondary N) is 1. The number of aromatic amines is 1. The Hall–Kier alpha value is -2.38. The maximum absolute atomic E-state index is 11.7. The van der Waals surface area contributed by atoms with Gasteiger partial charge in [0.05, 0.1) is 11.0 Å². The number of hydrogen-bond donors (Lipinski definition) is 2. The van der Waals surface area contributed by atoms with Crippen LogP contribution in [-0.2, 0) is 4.74 Å². The summed E-state index contributed by atoms with van der Waals surface area (Å²) in [7, 11) is 0. The van der Waals surface area contributed by atoms with Crippen molar-refractivity contribution in [2.75, 3.05) is 0 Å². The molecule has 18 heavy (non-hydrogen) atoms. The molecule has 1 heterocycles. The van der Waals surface area contributed by atoms with E-state index in [9.17, 15) is 24.8 Å². The minimum atomic E-state index is -1.08. The molecule has 0 fully saturated rings. The Bertz CT molecular complexity index is 554. The van der Waals surface area contributed by atoms with Crippen molar-refractivity contribution in [3.63, 3.8) is 0 Å². The number of aromatic hydroxyl groups is 1. The number of ether oxygens (including phenoxy) is 1. The summed E-state index contributed by atoms with van der Waals surface area (Å²) in [6, 6.07) is 0.610. The lowest BCUT2D eigenvalue weighted by molar-refractivity contribution is -0.385. The van der Waals surface area contributed by atoms with E-state index in [4.69, 9.17) is 4.74 Å². The second kappa shape index (κ2) is 4.47. The van der Waals surface area contributed by atoms with Crippen molar-refractivity contribution in [1.82, 2.24) is 4.98 Å². The molecule has 0 saturated carbocycles. The van der Waals surface area contributed by atoms with Gasteiger partial charge in [0.1, 0.15) is 5.60 Å². The zero-order valence-electron chi connectivity index (χ0n) is 10.0. The zero-order chi connectivity index (χ0) is 14.1. The van der Waals surface area contributed by atoms with Gasteiger partial charge < -0.3 is 9.84 Å². The molecule has 0 bridgehead atoms. The summed E-state index contributed by atoms with van der Waals surface area (Å²) in [5.74, 6) is -1.97. The Morgan fingerprint density at radius 1 is 1.50 bits per heavy atom. The van der Waals surface area contributed by atoms with Gasteiger partial charge in [-0.15, -0.1) is 0 Å². The molecule has 2 N–H and O–H groups in total. The Morgan fingerprint density at radius 2 is 2.06 bits per heavy atom. The summed E-state index contributed by atoms with van der Waals surface area (Å²) in [5.41, 5.74) is -3.24. The number of pyridine rings is 1. The number of hydrogen-bond acceptors (Lipinski definition) is 6. The Kier molecular flexibility index (Phi) is 3.40. The summed E-state index contributed by atoms with van der Waals surface area (Å²) >= 11 is 0. The number of aromatic nitrogens is 1. The predicted octanol–water partition coefficient (Wildman–Crippen LogP) is 0.944. The molecule has 1 aromatic heterocycles. The van der Waals surface area contributed by atoms with E-state index < -0.39 is 39.2 Å². The first-order valence-electron chi connectivity index (χ1n) is 4.96. The van der Waals surface area contributed by atoms with Gasteiger partial charge in [-0.2, -0.15) is 0 Å². The fourth-order valence-corrected chi connectivity index (χ4v) is 1.21. The molecule has 8 nitrogen and oxygen atoms in total. The molecule has 1 aromatic rings. The number of esters is 1. The van der Waals surface area contributed by atoms with Gasteiger partial charge in [-0.3, -0.25) is 19.9 Å². The highest BCUT2D eigenvalue weighted by atomic mass is 16.6. The van der Waals surface area contributed by atoms with Gasteiger partial charge in [0, 0.05) is 0 Å². The first-order valence-corrected chi connectivity index (χ1v) is 4.96. The lowest BCUT2D eigenvalue weighted by atomic mass is 10.1. The first kappa shape index (κ1) is 13.7. The molecular formula is C10H12N2O6. The summed E-state index contributed by atoms with van der Waals surface area (Å²) in [4.78, 5) is 34.4. The smallest absolute Gasteiger partial charge is 0.351 e. The van der Waals surface area contributed by atoms with Crippen LogP contribution < -0.4 is 5.56 Å². The summed E-state index contributed by atoms with van der Waals surface area (Å²) < 4.78 is 4.91. The molecule has 0 aliphatic rings. The molecule has 1 rings (SSSR count). The number of nitro groups is 1. The van der Waals surface area contributed by atoms with E-state index in [0.717, 1.165) is 0 Å². The summed E-state index contributed by atoms with van der Waals surface area (Å²) in [5, 5.41) is 20.2. The number of nitrogens with zero attached hydrogens (tertiary/aromatic N) is 1. The van der Waals surface area contributed by atoms with Gasteiger partial charge in [0.25, 0.3) is 11.2 Å². The molecular weight excluding hydrogens is 244 g/mol. The molecule has 98 valence electrons. The molecule has 0 aliphatic heterocycles. The predicted molar refractivity (Wildman–Crippen MR) is 60.6 cm³/mol. The van der Waals surface area contributed by atoms with Gasteiger partial charge in [-0.25, -0.2) is 4.79 Å². The number of carbonyl (C=O) groups is 1. The van der Waals surface area contributed by atoms with Crippen LogP contribution in [0.25, 0.3) is 0 Å². The molecule has 0 aliphatic carbocycles. The van der Waals surface area contributed by atoms with Crippen LogP contribution in [0.15, 0.2) is 10.9 Å². The molecule has 8 heteroatoms. The van der Waals surface area contributed by atoms with Crippen LogP contribution in [0, 0.1) is 10.1 Å². The monoisotopic (exact) mass is 256 g/mol. The molecule has 0 unspecified atom stereocenters. The highest BCUT2D eigenvalue weighted by Gasteiger charge is 2.30. The van der Waals surface area contributed by atoms with Crippen molar-refractivity contribution >= 4 is 11.7 Å². The Labute approximate surface area is 101 Å². The zero-order valence-corrected chi connectivity index (χ0v) is 10.0. The van der Waals surface area contributed by atoms with E-state index in [0.29, 0.717) is 6.07 Å². The molecule has 0 radical (unpaired) electrons. The third-order valence-corrected chi connectivity index (χ3v) is 1.80. The van der Waals surface area contributed by atoms with Crippen LogP contribution in [0.5, 0.6) is 5.88 Å². The molecule has 0 spiro atoms. The van der Waals surface area contributed by atoms with E-state index in [1.165, 1.54) is 0 Å². The average Bonchev–Trinajstić information content (AvgIpc) is 2.12. The van der Waals surface area contributed by atoms with E-state index in [-0.39, 0.29) is 0 Å². The molecule has 0 saturated heterocycles.